The quantitative estimate of drug-likeness (QED) is 0.0928. The minimum Gasteiger partial charge on any atom is -0.461 e. The van der Waals surface area contributed by atoms with Crippen molar-refractivity contribution in [3.63, 3.8) is 0 Å². The second-order valence-corrected chi connectivity index (χ2v) is 12.1. The van der Waals surface area contributed by atoms with Gasteiger partial charge < -0.3 is 42.2 Å². The third-order valence-corrected chi connectivity index (χ3v) is 7.80. The van der Waals surface area contributed by atoms with Gasteiger partial charge in [-0.1, -0.05) is 64.4 Å². The number of ether oxygens (including phenoxy) is 1. The summed E-state index contributed by atoms with van der Waals surface area (Å²) in [7, 11) is 0. The number of benzene rings is 1. The molecule has 2 rings (SSSR count). The maximum Gasteiger partial charge on any atom is 0.306 e. The van der Waals surface area contributed by atoms with Crippen molar-refractivity contribution in [1.29, 1.82) is 0 Å². The molecule has 15 heteroatoms. The molecular weight excluding hydrogens is 612 g/mol. The molecule has 1 aromatic rings. The Morgan fingerprint density at radius 1 is 0.936 bits per heavy atom. The zero-order valence-electron chi connectivity index (χ0n) is 27.4. The molecule has 0 bridgehead atoms. The van der Waals surface area contributed by atoms with Crippen LogP contribution < -0.4 is 32.3 Å². The van der Waals surface area contributed by atoms with Crippen LogP contribution in [0.2, 0.25) is 0 Å². The highest BCUT2D eigenvalue weighted by molar-refractivity contribution is 5.97. The number of carbonyl (C=O) groups excluding carboxylic acids is 7. The lowest BCUT2D eigenvalue weighted by Gasteiger charge is -2.29. The molecule has 1 heterocycles. The number of esters is 1. The van der Waals surface area contributed by atoms with Crippen LogP contribution in [-0.2, 0) is 44.9 Å². The summed E-state index contributed by atoms with van der Waals surface area (Å²) in [6, 6.07) is 3.29. The zero-order valence-corrected chi connectivity index (χ0v) is 27.4. The number of aliphatic hydroxyl groups is 1. The van der Waals surface area contributed by atoms with E-state index in [4.69, 9.17) is 10.5 Å². The first-order valence-corrected chi connectivity index (χ1v) is 15.9. The van der Waals surface area contributed by atoms with Gasteiger partial charge in [0.1, 0.15) is 36.8 Å². The molecule has 260 valence electrons. The molecule has 6 atom stereocenters. The van der Waals surface area contributed by atoms with Gasteiger partial charge in [0.2, 0.25) is 35.4 Å². The highest BCUT2D eigenvalue weighted by Gasteiger charge is 2.34. The zero-order chi connectivity index (χ0) is 35.1. The SMILES string of the molecule is CC[C@H](C)[C@H](NC(=O)[C@H](CC(C)C)NC(=O)[C@H](CO)NC(=O)[C@@H]1CCC(=O)N1)C(=O)N[C@H](CCC(=O)OCc1ccccc1)C(N)=O. The van der Waals surface area contributed by atoms with E-state index in [9.17, 15) is 38.7 Å². The summed E-state index contributed by atoms with van der Waals surface area (Å²) in [5.41, 5.74) is 6.30. The number of rotatable bonds is 19. The van der Waals surface area contributed by atoms with E-state index in [1.807, 2.05) is 19.9 Å². The van der Waals surface area contributed by atoms with Gasteiger partial charge in [0.15, 0.2) is 0 Å². The standard InChI is InChI=1S/C32H48N6O9/c1-5-19(4)27(32(46)35-21(28(33)42)12-14-26(41)47-17-20-9-7-6-8-10-20)38-30(44)23(15-18(2)3)36-31(45)24(16-39)37-29(43)22-11-13-25(40)34-22/h6-10,18-19,21-24,27,39H,5,11-17H2,1-4H3,(H2,33,42)(H,34,40)(H,35,46)(H,36,45)(H,37,43)(H,38,44)/t19-,21+,22-,23-,24-,27-/m0/s1. The summed E-state index contributed by atoms with van der Waals surface area (Å²) in [4.78, 5) is 88.4. The molecule has 0 unspecified atom stereocenters. The third-order valence-electron chi connectivity index (χ3n) is 7.80. The van der Waals surface area contributed by atoms with Gasteiger partial charge >= 0.3 is 5.97 Å². The molecular formula is C32H48N6O9. The summed E-state index contributed by atoms with van der Waals surface area (Å²) in [5, 5.41) is 22.4. The lowest BCUT2D eigenvalue weighted by Crippen LogP contribution is -2.60. The first-order valence-electron chi connectivity index (χ1n) is 15.9. The fourth-order valence-corrected chi connectivity index (χ4v) is 4.83. The second-order valence-electron chi connectivity index (χ2n) is 12.1. The van der Waals surface area contributed by atoms with Crippen LogP contribution in [0.1, 0.15) is 71.8 Å². The molecule has 1 saturated heterocycles. The molecule has 15 nitrogen and oxygen atoms in total. The van der Waals surface area contributed by atoms with Gasteiger partial charge in [0.05, 0.1) is 6.61 Å². The van der Waals surface area contributed by atoms with Crippen LogP contribution in [0, 0.1) is 11.8 Å². The van der Waals surface area contributed by atoms with Gasteiger partial charge in [-0.3, -0.25) is 33.6 Å². The predicted molar refractivity (Wildman–Crippen MR) is 170 cm³/mol. The maximum atomic E-state index is 13.5. The van der Waals surface area contributed by atoms with E-state index in [1.54, 1.807) is 38.1 Å². The van der Waals surface area contributed by atoms with Crippen molar-refractivity contribution < 1.29 is 43.4 Å². The van der Waals surface area contributed by atoms with E-state index in [1.165, 1.54) is 0 Å². The summed E-state index contributed by atoms with van der Waals surface area (Å²) in [6.45, 7) is 6.46. The Balaban J connectivity index is 2.06. The normalized spacial score (nSPS) is 17.3. The van der Waals surface area contributed by atoms with Crippen LogP contribution in [-0.4, -0.2) is 83.3 Å². The Labute approximate surface area is 274 Å². The number of hydrogen-bond donors (Lipinski definition) is 7. The Hall–Kier alpha value is -4.53. The molecule has 0 radical (unpaired) electrons. The molecule has 0 saturated carbocycles. The Bertz CT molecular complexity index is 1260. The summed E-state index contributed by atoms with van der Waals surface area (Å²) in [5.74, 6) is -5.13. The van der Waals surface area contributed by atoms with E-state index in [2.05, 4.69) is 26.6 Å². The van der Waals surface area contributed by atoms with E-state index in [0.717, 1.165) is 5.56 Å². The third kappa shape index (κ3) is 13.0. The summed E-state index contributed by atoms with van der Waals surface area (Å²) < 4.78 is 5.23. The van der Waals surface area contributed by atoms with Crippen molar-refractivity contribution >= 4 is 41.4 Å². The average Bonchev–Trinajstić information content (AvgIpc) is 3.48. The maximum absolute atomic E-state index is 13.5. The average molecular weight is 661 g/mol. The number of carbonyl (C=O) groups is 7. The lowest BCUT2D eigenvalue weighted by atomic mass is 9.96. The minimum atomic E-state index is -1.40. The Morgan fingerprint density at radius 2 is 1.57 bits per heavy atom. The minimum absolute atomic E-state index is 0.0492. The van der Waals surface area contributed by atoms with Crippen molar-refractivity contribution in [1.82, 2.24) is 26.6 Å². The van der Waals surface area contributed by atoms with Crippen LogP contribution >= 0.6 is 0 Å². The lowest BCUT2D eigenvalue weighted by molar-refractivity contribution is -0.145. The molecule has 8 N–H and O–H groups in total. The van der Waals surface area contributed by atoms with Crippen molar-refractivity contribution in [3.05, 3.63) is 35.9 Å². The number of amides is 6. The van der Waals surface area contributed by atoms with E-state index < -0.39 is 78.2 Å². The smallest absolute Gasteiger partial charge is 0.306 e. The summed E-state index contributed by atoms with van der Waals surface area (Å²) in [6.07, 6.45) is 0.711. The highest BCUT2D eigenvalue weighted by atomic mass is 16.5. The van der Waals surface area contributed by atoms with Gasteiger partial charge in [-0.25, -0.2) is 0 Å². The number of aliphatic hydroxyl groups excluding tert-OH is 1. The summed E-state index contributed by atoms with van der Waals surface area (Å²) >= 11 is 0. The highest BCUT2D eigenvalue weighted by Crippen LogP contribution is 2.13. The first-order chi connectivity index (χ1) is 22.2. The van der Waals surface area contributed by atoms with Gasteiger partial charge in [0, 0.05) is 12.8 Å². The van der Waals surface area contributed by atoms with Crippen molar-refractivity contribution in [2.45, 2.75) is 103 Å². The molecule has 1 aliphatic rings. The molecule has 47 heavy (non-hydrogen) atoms. The molecule has 0 spiro atoms. The molecule has 1 aromatic carbocycles. The fourth-order valence-electron chi connectivity index (χ4n) is 4.83. The molecule has 6 amide bonds. The van der Waals surface area contributed by atoms with Crippen LogP contribution in [0.15, 0.2) is 30.3 Å². The van der Waals surface area contributed by atoms with Crippen molar-refractivity contribution in [3.8, 4) is 0 Å². The van der Waals surface area contributed by atoms with Gasteiger partial charge in [-0.15, -0.1) is 0 Å². The fraction of sp³-hybridized carbons (Fsp3) is 0.594. The second kappa shape index (κ2) is 19.2. The van der Waals surface area contributed by atoms with E-state index in [0.29, 0.717) is 6.42 Å². The molecule has 0 aromatic heterocycles. The van der Waals surface area contributed by atoms with Crippen molar-refractivity contribution in [2.24, 2.45) is 17.6 Å². The Kier molecular flexibility index (Phi) is 15.8. The molecule has 1 aliphatic heterocycles. The van der Waals surface area contributed by atoms with Crippen LogP contribution in [0.3, 0.4) is 0 Å². The van der Waals surface area contributed by atoms with Gasteiger partial charge in [-0.2, -0.15) is 0 Å². The number of primary amides is 1. The van der Waals surface area contributed by atoms with Crippen molar-refractivity contribution in [2.75, 3.05) is 6.61 Å². The van der Waals surface area contributed by atoms with Crippen LogP contribution in [0.25, 0.3) is 0 Å². The number of nitrogens with one attached hydrogen (secondary N) is 5. The van der Waals surface area contributed by atoms with E-state index >= 15 is 0 Å². The topological polar surface area (TPSA) is 235 Å². The number of nitrogens with two attached hydrogens (primary N) is 1. The van der Waals surface area contributed by atoms with Gasteiger partial charge in [0.25, 0.3) is 0 Å². The molecule has 1 fully saturated rings. The largest absolute Gasteiger partial charge is 0.461 e. The first kappa shape index (κ1) is 38.7. The van der Waals surface area contributed by atoms with Crippen LogP contribution in [0.4, 0.5) is 0 Å². The number of hydrogen-bond acceptors (Lipinski definition) is 9. The van der Waals surface area contributed by atoms with E-state index in [-0.39, 0.29) is 50.5 Å². The predicted octanol–water partition coefficient (Wildman–Crippen LogP) is -0.702. The molecule has 0 aliphatic carbocycles. The van der Waals surface area contributed by atoms with Crippen LogP contribution in [0.5, 0.6) is 0 Å². The van der Waals surface area contributed by atoms with Gasteiger partial charge in [-0.05, 0) is 36.7 Å². The monoisotopic (exact) mass is 660 g/mol. The Morgan fingerprint density at radius 3 is 2.13 bits per heavy atom.